The maximum absolute atomic E-state index is 5.40. The zero-order valence-corrected chi connectivity index (χ0v) is 12.8. The van der Waals surface area contributed by atoms with Crippen LogP contribution in [0.25, 0.3) is 0 Å². The molecule has 0 saturated heterocycles. The van der Waals surface area contributed by atoms with Gasteiger partial charge < -0.3 is 19.2 Å². The molecule has 2 aromatic rings. The summed E-state index contributed by atoms with van der Waals surface area (Å²) in [4.78, 5) is 0. The number of hydrogen-bond acceptors (Lipinski definition) is 4. The Morgan fingerprint density at radius 3 is 2.85 bits per heavy atom. The number of hydrogen-bond donors (Lipinski definition) is 1. The monoisotopic (exact) mass is 337 g/mol. The lowest BCUT2D eigenvalue weighted by Crippen LogP contribution is -2.27. The Labute approximate surface area is 126 Å². The van der Waals surface area contributed by atoms with E-state index in [9.17, 15) is 0 Å². The highest BCUT2D eigenvalue weighted by Gasteiger charge is 2.16. The molecule has 0 bridgehead atoms. The van der Waals surface area contributed by atoms with Crippen molar-refractivity contribution in [2.24, 2.45) is 0 Å². The van der Waals surface area contributed by atoms with Crippen LogP contribution < -0.4 is 14.8 Å². The third kappa shape index (κ3) is 2.99. The Morgan fingerprint density at radius 1 is 1.30 bits per heavy atom. The van der Waals surface area contributed by atoms with Crippen molar-refractivity contribution in [1.82, 2.24) is 5.32 Å². The first-order valence-corrected chi connectivity index (χ1v) is 7.35. The van der Waals surface area contributed by atoms with Crippen molar-refractivity contribution in [3.63, 3.8) is 0 Å². The highest BCUT2D eigenvalue weighted by atomic mass is 79.9. The average molecular weight is 338 g/mol. The van der Waals surface area contributed by atoms with Crippen molar-refractivity contribution in [2.45, 2.75) is 25.9 Å². The molecule has 0 radical (unpaired) electrons. The van der Waals surface area contributed by atoms with Crippen LogP contribution >= 0.6 is 15.9 Å². The molecule has 0 saturated carbocycles. The summed E-state index contributed by atoms with van der Waals surface area (Å²) >= 11 is 3.57. The molecule has 2 heterocycles. The number of halogens is 1. The fraction of sp³-hybridized carbons (Fsp3) is 0.333. The van der Waals surface area contributed by atoms with Crippen molar-refractivity contribution >= 4 is 15.9 Å². The molecule has 1 unspecified atom stereocenters. The zero-order valence-electron chi connectivity index (χ0n) is 11.2. The minimum Gasteiger partial charge on any atom is -0.469 e. The lowest BCUT2D eigenvalue weighted by molar-refractivity contribution is 0.174. The lowest BCUT2D eigenvalue weighted by Gasteiger charge is -2.13. The molecule has 0 fully saturated rings. The second-order valence-corrected chi connectivity index (χ2v) is 5.72. The standard InChI is InChI=1S/C15H16BrNO3/c1-10(5-12-3-2-4-18-12)17-8-11-6-14-15(7-13(11)16)20-9-19-14/h2-4,6-7,10,17H,5,8-9H2,1H3. The van der Waals surface area contributed by atoms with Crippen molar-refractivity contribution < 1.29 is 13.9 Å². The summed E-state index contributed by atoms with van der Waals surface area (Å²) in [7, 11) is 0. The highest BCUT2D eigenvalue weighted by Crippen LogP contribution is 2.36. The fourth-order valence-corrected chi connectivity index (χ4v) is 2.64. The summed E-state index contributed by atoms with van der Waals surface area (Å²) in [6.07, 6.45) is 2.58. The van der Waals surface area contributed by atoms with E-state index in [-0.39, 0.29) is 0 Å². The molecule has 1 aromatic carbocycles. The number of nitrogens with one attached hydrogen (secondary N) is 1. The van der Waals surface area contributed by atoms with Gasteiger partial charge in [0.25, 0.3) is 0 Å². The Kier molecular flexibility index (Phi) is 3.98. The summed E-state index contributed by atoms with van der Waals surface area (Å²) in [5.41, 5.74) is 1.15. The average Bonchev–Trinajstić information content (AvgIpc) is 3.06. The van der Waals surface area contributed by atoms with Gasteiger partial charge >= 0.3 is 0 Å². The maximum Gasteiger partial charge on any atom is 0.231 e. The summed E-state index contributed by atoms with van der Waals surface area (Å²) in [6.45, 7) is 3.20. The molecule has 5 heteroatoms. The van der Waals surface area contributed by atoms with Crippen LogP contribution in [0.3, 0.4) is 0 Å². The molecule has 0 spiro atoms. The second kappa shape index (κ2) is 5.89. The van der Waals surface area contributed by atoms with E-state index in [1.54, 1.807) is 6.26 Å². The van der Waals surface area contributed by atoms with E-state index in [0.29, 0.717) is 12.8 Å². The maximum atomic E-state index is 5.40. The molecular weight excluding hydrogens is 322 g/mol. The quantitative estimate of drug-likeness (QED) is 0.906. The Bertz CT molecular complexity index is 583. The third-order valence-corrected chi connectivity index (χ3v) is 4.01. The number of furan rings is 1. The molecule has 1 aliphatic rings. The lowest BCUT2D eigenvalue weighted by atomic mass is 10.1. The van der Waals surface area contributed by atoms with Gasteiger partial charge in [-0.05, 0) is 36.8 Å². The number of rotatable bonds is 5. The second-order valence-electron chi connectivity index (χ2n) is 4.86. The van der Waals surface area contributed by atoms with Crippen LogP contribution in [0.4, 0.5) is 0 Å². The molecule has 1 N–H and O–H groups in total. The van der Waals surface area contributed by atoms with E-state index in [4.69, 9.17) is 13.9 Å². The van der Waals surface area contributed by atoms with Crippen LogP contribution in [0.15, 0.2) is 39.4 Å². The summed E-state index contributed by atoms with van der Waals surface area (Å²) < 4.78 is 17.1. The molecule has 1 aromatic heterocycles. The zero-order chi connectivity index (χ0) is 13.9. The highest BCUT2D eigenvalue weighted by molar-refractivity contribution is 9.10. The van der Waals surface area contributed by atoms with Gasteiger partial charge in [0.15, 0.2) is 11.5 Å². The van der Waals surface area contributed by atoms with Crippen molar-refractivity contribution in [2.75, 3.05) is 6.79 Å². The Hall–Kier alpha value is -1.46. The molecule has 1 aliphatic heterocycles. The largest absolute Gasteiger partial charge is 0.469 e. The van der Waals surface area contributed by atoms with E-state index in [0.717, 1.165) is 40.3 Å². The first-order chi connectivity index (χ1) is 9.72. The van der Waals surface area contributed by atoms with Gasteiger partial charge in [0, 0.05) is 23.5 Å². The number of fused-ring (bicyclic) bond motifs is 1. The SMILES string of the molecule is CC(Cc1ccco1)NCc1cc2c(cc1Br)OCO2. The predicted octanol–water partition coefficient (Wildman–Crippen LogP) is 3.49. The molecule has 3 rings (SSSR count). The molecular formula is C15H16BrNO3. The molecule has 4 nitrogen and oxygen atoms in total. The normalized spacial score (nSPS) is 14.5. The van der Waals surface area contributed by atoms with E-state index in [2.05, 4.69) is 28.2 Å². The topological polar surface area (TPSA) is 43.6 Å². The molecule has 0 amide bonds. The molecule has 106 valence electrons. The minimum absolute atomic E-state index is 0.299. The van der Waals surface area contributed by atoms with Gasteiger partial charge in [-0.3, -0.25) is 0 Å². The smallest absolute Gasteiger partial charge is 0.231 e. The van der Waals surface area contributed by atoms with Gasteiger partial charge in [0.1, 0.15) is 5.76 Å². The Morgan fingerprint density at radius 2 is 2.10 bits per heavy atom. The van der Waals surface area contributed by atoms with Crippen LogP contribution in [0.5, 0.6) is 11.5 Å². The third-order valence-electron chi connectivity index (χ3n) is 3.27. The fourth-order valence-electron chi connectivity index (χ4n) is 2.18. The molecule has 1 atom stereocenters. The number of benzene rings is 1. The van der Waals surface area contributed by atoms with Crippen LogP contribution in [0.2, 0.25) is 0 Å². The summed E-state index contributed by atoms with van der Waals surface area (Å²) in [6, 6.07) is 8.21. The van der Waals surface area contributed by atoms with Crippen molar-refractivity contribution in [3.05, 3.63) is 46.3 Å². The van der Waals surface area contributed by atoms with Crippen LogP contribution in [0, 0.1) is 0 Å². The van der Waals surface area contributed by atoms with Crippen LogP contribution in [0.1, 0.15) is 18.2 Å². The minimum atomic E-state index is 0.299. The molecule has 20 heavy (non-hydrogen) atoms. The van der Waals surface area contributed by atoms with Crippen molar-refractivity contribution in [1.29, 1.82) is 0 Å². The van der Waals surface area contributed by atoms with Gasteiger partial charge in [0.05, 0.1) is 6.26 Å². The van der Waals surface area contributed by atoms with Gasteiger partial charge in [-0.15, -0.1) is 0 Å². The van der Waals surface area contributed by atoms with Gasteiger partial charge in [0.2, 0.25) is 6.79 Å². The summed E-state index contributed by atoms with van der Waals surface area (Å²) in [5.74, 6) is 2.60. The first-order valence-electron chi connectivity index (χ1n) is 6.56. The first kappa shape index (κ1) is 13.5. The van der Waals surface area contributed by atoms with E-state index in [1.165, 1.54) is 0 Å². The van der Waals surface area contributed by atoms with Crippen LogP contribution in [-0.4, -0.2) is 12.8 Å². The molecule has 0 aliphatic carbocycles. The van der Waals surface area contributed by atoms with Crippen LogP contribution in [-0.2, 0) is 13.0 Å². The summed E-state index contributed by atoms with van der Waals surface area (Å²) in [5, 5.41) is 3.48. The predicted molar refractivity (Wildman–Crippen MR) is 79.0 cm³/mol. The van der Waals surface area contributed by atoms with E-state index in [1.807, 2.05) is 24.3 Å². The van der Waals surface area contributed by atoms with Crippen molar-refractivity contribution in [3.8, 4) is 11.5 Å². The Balaban J connectivity index is 1.60. The van der Waals surface area contributed by atoms with E-state index >= 15 is 0 Å². The van der Waals surface area contributed by atoms with Gasteiger partial charge in [-0.1, -0.05) is 15.9 Å². The van der Waals surface area contributed by atoms with Gasteiger partial charge in [-0.25, -0.2) is 0 Å². The number of ether oxygens (including phenoxy) is 2. The van der Waals surface area contributed by atoms with Gasteiger partial charge in [-0.2, -0.15) is 0 Å². The van der Waals surface area contributed by atoms with E-state index < -0.39 is 0 Å².